The normalized spacial score (nSPS) is 11.3. The predicted octanol–water partition coefficient (Wildman–Crippen LogP) is 3.68. The lowest BCUT2D eigenvalue weighted by Crippen LogP contribution is -2.29. The summed E-state index contributed by atoms with van der Waals surface area (Å²) in [6.45, 7) is 5.59. The number of nitrogens with one attached hydrogen (secondary N) is 1. The van der Waals surface area contributed by atoms with Crippen molar-refractivity contribution in [2.45, 2.75) is 26.3 Å². The van der Waals surface area contributed by atoms with Gasteiger partial charge in [0, 0.05) is 31.8 Å². The fraction of sp³-hybridized carbons (Fsp3) is 0.308. The van der Waals surface area contributed by atoms with Crippen molar-refractivity contribution in [2.75, 3.05) is 27.3 Å². The van der Waals surface area contributed by atoms with E-state index in [2.05, 4.69) is 29.9 Å². The lowest BCUT2D eigenvalue weighted by Gasteiger charge is -2.16. The van der Waals surface area contributed by atoms with Crippen molar-refractivity contribution >= 4 is 17.1 Å². The van der Waals surface area contributed by atoms with Gasteiger partial charge in [0.05, 0.1) is 19.3 Å². The molecule has 176 valence electrons. The molecule has 0 radical (unpaired) electrons. The van der Waals surface area contributed by atoms with E-state index in [1.165, 1.54) is 0 Å². The molecular weight excluding hydrogens is 430 g/mol. The highest BCUT2D eigenvalue weighted by atomic mass is 16.5. The molecule has 0 aliphatic heterocycles. The number of amides is 1. The van der Waals surface area contributed by atoms with Gasteiger partial charge in [-0.15, -0.1) is 0 Å². The largest absolute Gasteiger partial charge is 0.383 e. The Kier molecular flexibility index (Phi) is 6.88. The standard InChI is InChI=1S/C26H29N5O3/c1-17(2)20-7-5-6-8-21(20)23-27-15-22-24(29-23)31(26(33)28-22)16-18-9-11-19(12-10-18)25(32)30(3)13-14-34-4/h5-12,15,17H,13-14,16H2,1-4H3,(H,28,33). The number of likely N-dealkylation sites (N-methyl/N-ethyl adjacent to an activating group) is 1. The number of aromatic nitrogens is 4. The van der Waals surface area contributed by atoms with Crippen LogP contribution in [0.4, 0.5) is 0 Å². The van der Waals surface area contributed by atoms with Crippen molar-refractivity contribution in [1.29, 1.82) is 0 Å². The maximum absolute atomic E-state index is 12.7. The zero-order chi connectivity index (χ0) is 24.2. The van der Waals surface area contributed by atoms with E-state index in [9.17, 15) is 9.59 Å². The number of benzene rings is 2. The Balaban J connectivity index is 1.63. The van der Waals surface area contributed by atoms with Crippen LogP contribution in [0.3, 0.4) is 0 Å². The van der Waals surface area contributed by atoms with E-state index in [1.54, 1.807) is 42.0 Å². The summed E-state index contributed by atoms with van der Waals surface area (Å²) in [6, 6.07) is 15.3. The van der Waals surface area contributed by atoms with E-state index in [4.69, 9.17) is 9.72 Å². The molecule has 0 fully saturated rings. The zero-order valence-corrected chi connectivity index (χ0v) is 19.9. The molecule has 2 heterocycles. The second kappa shape index (κ2) is 10.0. The highest BCUT2D eigenvalue weighted by Gasteiger charge is 2.15. The number of imidazole rings is 1. The molecule has 8 nitrogen and oxygen atoms in total. The summed E-state index contributed by atoms with van der Waals surface area (Å²) in [7, 11) is 3.35. The molecule has 1 amide bonds. The number of rotatable bonds is 8. The van der Waals surface area contributed by atoms with Crippen LogP contribution >= 0.6 is 0 Å². The molecule has 0 atom stereocenters. The van der Waals surface area contributed by atoms with Gasteiger partial charge in [-0.25, -0.2) is 14.8 Å². The zero-order valence-electron chi connectivity index (χ0n) is 19.9. The minimum absolute atomic E-state index is 0.0749. The van der Waals surface area contributed by atoms with Gasteiger partial charge in [0.2, 0.25) is 0 Å². The average molecular weight is 460 g/mol. The molecule has 4 rings (SSSR count). The molecule has 0 saturated carbocycles. The van der Waals surface area contributed by atoms with Crippen molar-refractivity contribution in [3.05, 3.63) is 81.9 Å². The van der Waals surface area contributed by atoms with E-state index in [-0.39, 0.29) is 11.6 Å². The molecule has 0 spiro atoms. The molecule has 1 N–H and O–H groups in total. The number of methoxy groups -OCH3 is 1. The van der Waals surface area contributed by atoms with E-state index < -0.39 is 0 Å². The minimum atomic E-state index is -0.252. The van der Waals surface area contributed by atoms with Crippen LogP contribution < -0.4 is 5.69 Å². The first-order valence-electron chi connectivity index (χ1n) is 11.3. The summed E-state index contributed by atoms with van der Waals surface area (Å²) in [6.07, 6.45) is 1.66. The Morgan fingerprint density at radius 3 is 2.59 bits per heavy atom. The van der Waals surface area contributed by atoms with Crippen molar-refractivity contribution in [2.24, 2.45) is 0 Å². The summed E-state index contributed by atoms with van der Waals surface area (Å²) < 4.78 is 6.64. The minimum Gasteiger partial charge on any atom is -0.383 e. The van der Waals surface area contributed by atoms with Gasteiger partial charge in [-0.05, 0) is 29.2 Å². The van der Waals surface area contributed by atoms with Crippen LogP contribution in [0, 0.1) is 0 Å². The third-order valence-corrected chi connectivity index (χ3v) is 5.85. The summed E-state index contributed by atoms with van der Waals surface area (Å²) in [5.74, 6) is 0.831. The van der Waals surface area contributed by atoms with Gasteiger partial charge in [0.1, 0.15) is 5.52 Å². The van der Waals surface area contributed by atoms with Crippen LogP contribution in [0.15, 0.2) is 59.5 Å². The lowest BCUT2D eigenvalue weighted by molar-refractivity contribution is 0.0744. The Morgan fingerprint density at radius 1 is 1.15 bits per heavy atom. The van der Waals surface area contributed by atoms with Gasteiger partial charge in [0.15, 0.2) is 11.5 Å². The van der Waals surface area contributed by atoms with E-state index in [1.807, 2.05) is 30.3 Å². The molecule has 2 aromatic heterocycles. The number of fused-ring (bicyclic) bond motifs is 1. The topological polar surface area (TPSA) is 93.1 Å². The average Bonchev–Trinajstić information content (AvgIpc) is 3.16. The molecule has 0 bridgehead atoms. The van der Waals surface area contributed by atoms with Gasteiger partial charge >= 0.3 is 5.69 Å². The van der Waals surface area contributed by atoms with Gasteiger partial charge in [-0.2, -0.15) is 0 Å². The maximum atomic E-state index is 12.7. The molecule has 0 aliphatic rings. The Hall–Kier alpha value is -3.78. The van der Waals surface area contributed by atoms with Gasteiger partial charge < -0.3 is 14.6 Å². The quantitative estimate of drug-likeness (QED) is 0.434. The first-order valence-corrected chi connectivity index (χ1v) is 11.3. The SMILES string of the molecule is COCCN(C)C(=O)c1ccc(Cn2c(=O)[nH]c3cnc(-c4ccccc4C(C)C)nc32)cc1. The maximum Gasteiger partial charge on any atom is 0.328 e. The van der Waals surface area contributed by atoms with E-state index >= 15 is 0 Å². The molecule has 0 aliphatic carbocycles. The monoisotopic (exact) mass is 459 g/mol. The molecule has 34 heavy (non-hydrogen) atoms. The van der Waals surface area contributed by atoms with Crippen LogP contribution in [0.2, 0.25) is 0 Å². The Bertz CT molecular complexity index is 1360. The smallest absolute Gasteiger partial charge is 0.328 e. The highest BCUT2D eigenvalue weighted by molar-refractivity contribution is 5.94. The second-order valence-corrected chi connectivity index (χ2v) is 8.61. The fourth-order valence-electron chi connectivity index (χ4n) is 3.91. The van der Waals surface area contributed by atoms with Gasteiger partial charge in [-0.3, -0.25) is 9.36 Å². The van der Waals surface area contributed by atoms with Crippen LogP contribution in [0.5, 0.6) is 0 Å². The number of carbonyl (C=O) groups excluding carboxylic acids is 1. The third kappa shape index (κ3) is 4.77. The number of hydrogen-bond acceptors (Lipinski definition) is 5. The lowest BCUT2D eigenvalue weighted by atomic mass is 9.97. The number of carbonyl (C=O) groups is 1. The molecular formula is C26H29N5O3. The van der Waals surface area contributed by atoms with Crippen molar-refractivity contribution in [3.63, 3.8) is 0 Å². The van der Waals surface area contributed by atoms with E-state index in [0.717, 1.165) is 16.7 Å². The van der Waals surface area contributed by atoms with Crippen LogP contribution in [0.25, 0.3) is 22.6 Å². The predicted molar refractivity (Wildman–Crippen MR) is 132 cm³/mol. The molecule has 0 saturated heterocycles. The highest BCUT2D eigenvalue weighted by Crippen LogP contribution is 2.27. The number of nitrogens with zero attached hydrogens (tertiary/aromatic N) is 4. The second-order valence-electron chi connectivity index (χ2n) is 8.61. The Morgan fingerprint density at radius 2 is 1.88 bits per heavy atom. The summed E-state index contributed by atoms with van der Waals surface area (Å²) in [5.41, 5.74) is 4.47. The fourth-order valence-corrected chi connectivity index (χ4v) is 3.91. The van der Waals surface area contributed by atoms with Gasteiger partial charge in [0.25, 0.3) is 5.91 Å². The van der Waals surface area contributed by atoms with E-state index in [0.29, 0.717) is 48.2 Å². The first-order chi connectivity index (χ1) is 16.4. The van der Waals surface area contributed by atoms with Gasteiger partial charge in [-0.1, -0.05) is 50.2 Å². The number of ether oxygens (including phenoxy) is 1. The number of H-pyrrole nitrogens is 1. The molecule has 2 aromatic carbocycles. The number of hydrogen-bond donors (Lipinski definition) is 1. The molecule has 8 heteroatoms. The third-order valence-electron chi connectivity index (χ3n) is 5.85. The van der Waals surface area contributed by atoms with Crippen LogP contribution in [-0.4, -0.2) is 57.6 Å². The van der Waals surface area contributed by atoms with Crippen molar-refractivity contribution < 1.29 is 9.53 Å². The van der Waals surface area contributed by atoms with Crippen molar-refractivity contribution in [3.8, 4) is 11.4 Å². The van der Waals surface area contributed by atoms with Crippen LogP contribution in [0.1, 0.15) is 41.3 Å². The summed E-state index contributed by atoms with van der Waals surface area (Å²) >= 11 is 0. The number of aromatic amines is 1. The Labute approximate surface area is 198 Å². The molecule has 4 aromatic rings. The first kappa shape index (κ1) is 23.4. The summed E-state index contributed by atoms with van der Waals surface area (Å²) in [4.78, 5) is 39.0. The summed E-state index contributed by atoms with van der Waals surface area (Å²) in [5, 5.41) is 0. The van der Waals surface area contributed by atoms with Crippen LogP contribution in [-0.2, 0) is 11.3 Å². The van der Waals surface area contributed by atoms with Crippen molar-refractivity contribution in [1.82, 2.24) is 24.4 Å². The molecule has 0 unspecified atom stereocenters.